The van der Waals surface area contributed by atoms with Crippen LogP contribution in [0.4, 0.5) is 17.1 Å². The summed E-state index contributed by atoms with van der Waals surface area (Å²) in [6.45, 7) is 6.92. The molecule has 1 heterocycles. The van der Waals surface area contributed by atoms with E-state index in [-0.39, 0.29) is 5.41 Å². The van der Waals surface area contributed by atoms with Gasteiger partial charge in [0.2, 0.25) is 0 Å². The number of benzene rings is 9. The first-order chi connectivity index (χ1) is 28.5. The van der Waals surface area contributed by atoms with Crippen LogP contribution >= 0.6 is 0 Å². The molecule has 0 unspecified atom stereocenters. The Morgan fingerprint density at radius 2 is 0.948 bits per heavy atom. The molecule has 9 aromatic carbocycles. The van der Waals surface area contributed by atoms with Crippen molar-refractivity contribution >= 4 is 49.6 Å². The Bertz CT molecular complexity index is 3070. The Morgan fingerprint density at radius 3 is 1.67 bits per heavy atom. The van der Waals surface area contributed by atoms with E-state index in [1.54, 1.807) is 0 Å². The van der Waals surface area contributed by atoms with Crippen molar-refractivity contribution in [2.24, 2.45) is 0 Å². The standard InChI is InChI=1S/C56H44N2/c1-56(2,3)42-36-37-44(39-20-7-4-8-21-39)53(38-42)58(52-35-19-32-49-47-29-14-15-33-50(47)57(55(49)52)43-26-11-6-12-27-43)51-34-16-13-28-46(51)48-31-18-25-41-24-17-30-45(54(41)48)40-22-9-5-10-23-40/h4-38H,1-3H3. The zero-order chi connectivity index (χ0) is 39.2. The van der Waals surface area contributed by atoms with Gasteiger partial charge in [0.25, 0.3) is 0 Å². The summed E-state index contributed by atoms with van der Waals surface area (Å²) in [5, 5.41) is 4.90. The third kappa shape index (κ3) is 6.06. The van der Waals surface area contributed by atoms with Gasteiger partial charge in [0, 0.05) is 27.6 Å². The molecule has 2 heteroatoms. The molecular formula is C56H44N2. The lowest BCUT2D eigenvalue weighted by atomic mass is 9.85. The minimum atomic E-state index is -0.0830. The first-order valence-corrected chi connectivity index (χ1v) is 20.2. The Morgan fingerprint density at radius 1 is 0.397 bits per heavy atom. The van der Waals surface area contributed by atoms with E-state index in [4.69, 9.17) is 0 Å². The number of fused-ring (bicyclic) bond motifs is 4. The molecule has 0 aliphatic rings. The fraction of sp³-hybridized carbons (Fsp3) is 0.0714. The van der Waals surface area contributed by atoms with Crippen LogP contribution in [-0.4, -0.2) is 4.57 Å². The Balaban J connectivity index is 1.36. The Kier molecular flexibility index (Phi) is 8.76. The van der Waals surface area contributed by atoms with Crippen molar-refractivity contribution < 1.29 is 0 Å². The third-order valence-corrected chi connectivity index (χ3v) is 11.5. The molecule has 0 N–H and O–H groups in total. The third-order valence-electron chi connectivity index (χ3n) is 11.5. The molecule has 0 fully saturated rings. The molecule has 278 valence electrons. The molecular weight excluding hydrogens is 701 g/mol. The fourth-order valence-electron chi connectivity index (χ4n) is 8.78. The first-order valence-electron chi connectivity index (χ1n) is 20.2. The molecule has 0 radical (unpaired) electrons. The summed E-state index contributed by atoms with van der Waals surface area (Å²) < 4.78 is 2.46. The molecule has 10 rings (SSSR count). The van der Waals surface area contributed by atoms with Crippen molar-refractivity contribution in [2.75, 3.05) is 4.90 Å². The minimum absolute atomic E-state index is 0.0830. The second-order valence-electron chi connectivity index (χ2n) is 16.1. The second-order valence-corrected chi connectivity index (χ2v) is 16.1. The van der Waals surface area contributed by atoms with E-state index >= 15 is 0 Å². The van der Waals surface area contributed by atoms with Crippen LogP contribution in [0.5, 0.6) is 0 Å². The lowest BCUT2D eigenvalue weighted by Gasteiger charge is -2.33. The molecule has 10 aromatic rings. The van der Waals surface area contributed by atoms with Gasteiger partial charge in [-0.1, -0.05) is 197 Å². The van der Waals surface area contributed by atoms with Gasteiger partial charge in [0.1, 0.15) is 0 Å². The van der Waals surface area contributed by atoms with Crippen LogP contribution in [0.15, 0.2) is 212 Å². The van der Waals surface area contributed by atoms with E-state index in [0.29, 0.717) is 0 Å². The van der Waals surface area contributed by atoms with Gasteiger partial charge < -0.3 is 9.47 Å². The quantitative estimate of drug-likeness (QED) is 0.158. The Hall–Kier alpha value is -7.16. The lowest BCUT2D eigenvalue weighted by molar-refractivity contribution is 0.590. The number of rotatable bonds is 7. The zero-order valence-electron chi connectivity index (χ0n) is 33.1. The van der Waals surface area contributed by atoms with Crippen molar-refractivity contribution in [1.29, 1.82) is 0 Å². The molecule has 1 aromatic heterocycles. The van der Waals surface area contributed by atoms with Gasteiger partial charge in [0.15, 0.2) is 0 Å². The summed E-state index contributed by atoms with van der Waals surface area (Å²) >= 11 is 0. The highest BCUT2D eigenvalue weighted by Gasteiger charge is 2.27. The molecule has 58 heavy (non-hydrogen) atoms. The van der Waals surface area contributed by atoms with E-state index in [1.165, 1.54) is 60.4 Å². The van der Waals surface area contributed by atoms with E-state index in [1.807, 2.05) is 0 Å². The van der Waals surface area contributed by atoms with Crippen molar-refractivity contribution in [3.63, 3.8) is 0 Å². The fourth-order valence-corrected chi connectivity index (χ4v) is 8.78. The van der Waals surface area contributed by atoms with Crippen molar-refractivity contribution in [3.8, 4) is 39.1 Å². The smallest absolute Gasteiger partial charge is 0.0782 e. The van der Waals surface area contributed by atoms with E-state index in [0.717, 1.165) is 33.8 Å². The molecule has 0 saturated carbocycles. The summed E-state index contributed by atoms with van der Waals surface area (Å²) in [5.74, 6) is 0. The van der Waals surface area contributed by atoms with Crippen LogP contribution < -0.4 is 4.90 Å². The number of anilines is 3. The maximum absolute atomic E-state index is 2.55. The summed E-state index contributed by atoms with van der Waals surface area (Å²) in [6, 6.07) is 77.6. The zero-order valence-corrected chi connectivity index (χ0v) is 33.1. The molecule has 0 amide bonds. The molecule has 2 nitrogen and oxygen atoms in total. The highest BCUT2D eigenvalue weighted by atomic mass is 15.2. The monoisotopic (exact) mass is 744 g/mol. The number of aromatic nitrogens is 1. The molecule has 0 saturated heterocycles. The summed E-state index contributed by atoms with van der Waals surface area (Å²) in [6.07, 6.45) is 0. The van der Waals surface area contributed by atoms with Crippen molar-refractivity contribution in [1.82, 2.24) is 4.57 Å². The highest BCUT2D eigenvalue weighted by Crippen LogP contribution is 2.50. The van der Waals surface area contributed by atoms with Gasteiger partial charge in [-0.15, -0.1) is 0 Å². The largest absolute Gasteiger partial charge is 0.307 e. The van der Waals surface area contributed by atoms with Gasteiger partial charge in [0.05, 0.1) is 28.1 Å². The van der Waals surface area contributed by atoms with Gasteiger partial charge in [-0.3, -0.25) is 0 Å². The average molecular weight is 745 g/mol. The van der Waals surface area contributed by atoms with Gasteiger partial charge in [-0.05, 0) is 80.4 Å². The SMILES string of the molecule is CC(C)(C)c1ccc(-c2ccccc2)c(N(c2ccccc2-c2cccc3cccc(-c4ccccc4)c23)c2cccc3c4ccccc4n(-c4ccccc4)c23)c1. The highest BCUT2D eigenvalue weighted by molar-refractivity contribution is 6.16. The minimum Gasteiger partial charge on any atom is -0.307 e. The number of hydrogen-bond acceptors (Lipinski definition) is 1. The van der Waals surface area contributed by atoms with Crippen LogP contribution in [0, 0.1) is 0 Å². The maximum atomic E-state index is 2.55. The maximum Gasteiger partial charge on any atom is 0.0782 e. The first kappa shape index (κ1) is 35.3. The predicted molar refractivity (Wildman–Crippen MR) is 248 cm³/mol. The molecule has 0 atom stereocenters. The average Bonchev–Trinajstić information content (AvgIpc) is 3.62. The molecule has 0 aliphatic heterocycles. The molecule has 0 aliphatic carbocycles. The summed E-state index contributed by atoms with van der Waals surface area (Å²) in [5.41, 5.74) is 15.1. The van der Waals surface area contributed by atoms with Crippen LogP contribution in [0.1, 0.15) is 26.3 Å². The van der Waals surface area contributed by atoms with Crippen LogP contribution in [-0.2, 0) is 5.41 Å². The van der Waals surface area contributed by atoms with Crippen molar-refractivity contribution in [3.05, 3.63) is 218 Å². The molecule has 0 bridgehead atoms. The summed E-state index contributed by atoms with van der Waals surface area (Å²) in [4.78, 5) is 2.55. The lowest BCUT2D eigenvalue weighted by Crippen LogP contribution is -2.17. The number of para-hydroxylation sites is 4. The van der Waals surface area contributed by atoms with E-state index in [2.05, 4.69) is 243 Å². The van der Waals surface area contributed by atoms with Crippen molar-refractivity contribution in [2.45, 2.75) is 26.2 Å². The van der Waals surface area contributed by atoms with Gasteiger partial charge in [-0.25, -0.2) is 0 Å². The number of nitrogens with zero attached hydrogens (tertiary/aromatic N) is 2. The van der Waals surface area contributed by atoms with Gasteiger partial charge in [-0.2, -0.15) is 0 Å². The van der Waals surface area contributed by atoms with Crippen LogP contribution in [0.2, 0.25) is 0 Å². The topological polar surface area (TPSA) is 8.17 Å². The second kappa shape index (κ2) is 14.4. The normalized spacial score (nSPS) is 11.7. The molecule has 0 spiro atoms. The Labute approximate surface area is 340 Å². The van der Waals surface area contributed by atoms with Gasteiger partial charge >= 0.3 is 0 Å². The van der Waals surface area contributed by atoms with Crippen LogP contribution in [0.3, 0.4) is 0 Å². The number of hydrogen-bond donors (Lipinski definition) is 0. The predicted octanol–water partition coefficient (Wildman–Crippen LogP) is 15.7. The van der Waals surface area contributed by atoms with E-state index < -0.39 is 0 Å². The van der Waals surface area contributed by atoms with Crippen LogP contribution in [0.25, 0.3) is 71.6 Å². The summed E-state index contributed by atoms with van der Waals surface area (Å²) in [7, 11) is 0. The van der Waals surface area contributed by atoms with E-state index in [9.17, 15) is 0 Å².